The van der Waals surface area contributed by atoms with Gasteiger partial charge in [-0.05, 0) is 44.1 Å². The summed E-state index contributed by atoms with van der Waals surface area (Å²) in [6.45, 7) is 9.23. The highest BCUT2D eigenvalue weighted by Gasteiger charge is 2.39. The summed E-state index contributed by atoms with van der Waals surface area (Å²) in [5.41, 5.74) is 1.41. The molecule has 0 radical (unpaired) electrons. The molecule has 0 saturated heterocycles. The molecule has 108 valence electrons. The molecule has 0 bridgehead atoms. The quantitative estimate of drug-likeness (QED) is 0.533. The Labute approximate surface area is 116 Å². The van der Waals surface area contributed by atoms with E-state index in [0.29, 0.717) is 24.3 Å². The fourth-order valence-corrected chi connectivity index (χ4v) is 4.82. The SMILES string of the molecule is C=CCCCC1C(CC(C)C)=C(C(C)=O)CS1(=O)=O. The van der Waals surface area contributed by atoms with Gasteiger partial charge in [0, 0.05) is 5.57 Å². The van der Waals surface area contributed by atoms with Crippen molar-refractivity contribution in [2.75, 3.05) is 5.75 Å². The van der Waals surface area contributed by atoms with E-state index in [4.69, 9.17) is 0 Å². The van der Waals surface area contributed by atoms with Gasteiger partial charge in [0.1, 0.15) is 0 Å². The smallest absolute Gasteiger partial charge is 0.161 e. The average Bonchev–Trinajstić information content (AvgIpc) is 2.52. The number of Topliss-reactive ketones (excluding diaryl/α,β-unsaturated/α-hetero) is 1. The van der Waals surface area contributed by atoms with Crippen LogP contribution in [0.15, 0.2) is 23.8 Å². The van der Waals surface area contributed by atoms with Gasteiger partial charge in [-0.15, -0.1) is 6.58 Å². The highest BCUT2D eigenvalue weighted by molar-refractivity contribution is 7.92. The van der Waals surface area contributed by atoms with Crippen LogP contribution in [0, 0.1) is 5.92 Å². The van der Waals surface area contributed by atoms with Gasteiger partial charge >= 0.3 is 0 Å². The molecule has 0 amide bonds. The zero-order valence-electron chi connectivity index (χ0n) is 12.1. The Bertz CT molecular complexity index is 484. The summed E-state index contributed by atoms with van der Waals surface area (Å²) < 4.78 is 24.5. The van der Waals surface area contributed by atoms with Crippen LogP contribution in [-0.2, 0) is 14.6 Å². The highest BCUT2D eigenvalue weighted by atomic mass is 32.2. The molecule has 0 saturated carbocycles. The van der Waals surface area contributed by atoms with Gasteiger partial charge < -0.3 is 0 Å². The summed E-state index contributed by atoms with van der Waals surface area (Å²) in [5, 5.41) is -0.450. The number of unbranched alkanes of at least 4 members (excludes halogenated alkanes) is 1. The minimum atomic E-state index is -3.19. The Balaban J connectivity index is 3.05. The third-order valence-electron chi connectivity index (χ3n) is 3.48. The normalized spacial score (nSPS) is 22.0. The molecule has 4 heteroatoms. The summed E-state index contributed by atoms with van der Waals surface area (Å²) in [5.74, 6) is 0.202. The van der Waals surface area contributed by atoms with Crippen LogP contribution < -0.4 is 0 Å². The van der Waals surface area contributed by atoms with E-state index in [1.54, 1.807) is 6.08 Å². The second-order valence-electron chi connectivity index (χ2n) is 5.67. The third-order valence-corrected chi connectivity index (χ3v) is 5.56. The molecule has 1 aliphatic rings. The molecule has 0 aromatic carbocycles. The molecule has 3 nitrogen and oxygen atoms in total. The summed E-state index contributed by atoms with van der Waals surface area (Å²) >= 11 is 0. The van der Waals surface area contributed by atoms with Crippen molar-refractivity contribution in [2.45, 2.75) is 51.7 Å². The Hall–Kier alpha value is -0.900. The van der Waals surface area contributed by atoms with Crippen LogP contribution in [0.4, 0.5) is 0 Å². The summed E-state index contributed by atoms with van der Waals surface area (Å²) in [7, 11) is -3.19. The van der Waals surface area contributed by atoms with Crippen molar-refractivity contribution >= 4 is 15.6 Å². The van der Waals surface area contributed by atoms with Crippen LogP contribution >= 0.6 is 0 Å². The number of allylic oxidation sites excluding steroid dienone is 1. The average molecular weight is 284 g/mol. The minimum absolute atomic E-state index is 0.0663. The number of carbonyl (C=O) groups excluding carboxylic acids is 1. The summed E-state index contributed by atoms with van der Waals surface area (Å²) in [4.78, 5) is 11.7. The van der Waals surface area contributed by atoms with Crippen LogP contribution in [0.2, 0.25) is 0 Å². The van der Waals surface area contributed by atoms with Gasteiger partial charge in [0.05, 0.1) is 11.0 Å². The molecule has 0 aliphatic carbocycles. The second kappa shape index (κ2) is 6.51. The lowest BCUT2D eigenvalue weighted by Gasteiger charge is -2.16. The van der Waals surface area contributed by atoms with Gasteiger partial charge in [-0.2, -0.15) is 0 Å². The van der Waals surface area contributed by atoms with Gasteiger partial charge in [0.2, 0.25) is 0 Å². The molecule has 1 rings (SSSR count). The zero-order valence-corrected chi connectivity index (χ0v) is 12.9. The number of hydrogen-bond donors (Lipinski definition) is 0. The first-order valence-corrected chi connectivity index (χ1v) is 8.56. The third kappa shape index (κ3) is 4.03. The summed E-state index contributed by atoms with van der Waals surface area (Å²) in [6.07, 6.45) is 4.73. The van der Waals surface area contributed by atoms with Gasteiger partial charge in [0.15, 0.2) is 15.6 Å². The van der Waals surface area contributed by atoms with Crippen LogP contribution in [-0.4, -0.2) is 25.2 Å². The minimum Gasteiger partial charge on any atom is -0.295 e. The number of sulfone groups is 1. The first kappa shape index (κ1) is 16.2. The molecular formula is C15H24O3S. The van der Waals surface area contributed by atoms with E-state index in [1.807, 2.05) is 0 Å². The van der Waals surface area contributed by atoms with Crippen molar-refractivity contribution in [1.29, 1.82) is 0 Å². The van der Waals surface area contributed by atoms with Gasteiger partial charge in [-0.3, -0.25) is 4.79 Å². The van der Waals surface area contributed by atoms with Crippen LogP contribution in [0.25, 0.3) is 0 Å². The molecule has 1 aliphatic heterocycles. The predicted octanol–water partition coefficient (Wildman–Crippen LogP) is 3.07. The van der Waals surface area contributed by atoms with E-state index < -0.39 is 15.1 Å². The Kier molecular flexibility index (Phi) is 5.53. The number of hydrogen-bond acceptors (Lipinski definition) is 3. The number of rotatable bonds is 7. The Morgan fingerprint density at radius 3 is 2.58 bits per heavy atom. The molecule has 1 unspecified atom stereocenters. The molecule has 0 N–H and O–H groups in total. The fourth-order valence-electron chi connectivity index (χ4n) is 2.63. The van der Waals surface area contributed by atoms with Crippen molar-refractivity contribution in [2.24, 2.45) is 5.92 Å². The molecule has 19 heavy (non-hydrogen) atoms. The van der Waals surface area contributed by atoms with E-state index in [2.05, 4.69) is 20.4 Å². The van der Waals surface area contributed by atoms with Crippen molar-refractivity contribution in [1.82, 2.24) is 0 Å². The van der Waals surface area contributed by atoms with Crippen LogP contribution in [0.1, 0.15) is 46.5 Å². The number of ketones is 1. The number of carbonyl (C=O) groups is 1. The molecule has 1 heterocycles. The largest absolute Gasteiger partial charge is 0.295 e. The molecule has 0 aromatic heterocycles. The maximum absolute atomic E-state index is 12.2. The van der Waals surface area contributed by atoms with Gasteiger partial charge in [0.25, 0.3) is 0 Å². The Morgan fingerprint density at radius 2 is 2.11 bits per heavy atom. The predicted molar refractivity (Wildman–Crippen MR) is 78.8 cm³/mol. The van der Waals surface area contributed by atoms with Crippen molar-refractivity contribution in [3.05, 3.63) is 23.8 Å². The van der Waals surface area contributed by atoms with Gasteiger partial charge in [-0.1, -0.05) is 19.9 Å². The standard InChI is InChI=1S/C15H24O3S/c1-5-6-7-8-15-13(9-11(2)3)14(12(4)16)10-19(15,17)18/h5,11,15H,1,6-10H2,2-4H3. The van der Waals surface area contributed by atoms with E-state index in [1.165, 1.54) is 6.92 Å². The van der Waals surface area contributed by atoms with Gasteiger partial charge in [-0.25, -0.2) is 8.42 Å². The van der Waals surface area contributed by atoms with Crippen molar-refractivity contribution < 1.29 is 13.2 Å². The first-order chi connectivity index (χ1) is 8.79. The van der Waals surface area contributed by atoms with E-state index in [0.717, 1.165) is 18.4 Å². The maximum Gasteiger partial charge on any atom is 0.161 e. The van der Waals surface area contributed by atoms with Crippen LogP contribution in [0.5, 0.6) is 0 Å². The lowest BCUT2D eigenvalue weighted by molar-refractivity contribution is -0.113. The lowest BCUT2D eigenvalue weighted by Crippen LogP contribution is -2.20. The zero-order chi connectivity index (χ0) is 14.6. The highest BCUT2D eigenvalue weighted by Crippen LogP contribution is 2.35. The van der Waals surface area contributed by atoms with E-state index in [-0.39, 0.29) is 11.5 Å². The van der Waals surface area contributed by atoms with Crippen molar-refractivity contribution in [3.63, 3.8) is 0 Å². The maximum atomic E-state index is 12.2. The molecular weight excluding hydrogens is 260 g/mol. The van der Waals surface area contributed by atoms with E-state index >= 15 is 0 Å². The molecule has 1 atom stereocenters. The van der Waals surface area contributed by atoms with Crippen molar-refractivity contribution in [3.8, 4) is 0 Å². The summed E-state index contributed by atoms with van der Waals surface area (Å²) in [6, 6.07) is 0. The van der Waals surface area contributed by atoms with Crippen LogP contribution in [0.3, 0.4) is 0 Å². The molecule has 0 spiro atoms. The Morgan fingerprint density at radius 1 is 1.47 bits per heavy atom. The second-order valence-corrected chi connectivity index (χ2v) is 7.86. The van der Waals surface area contributed by atoms with E-state index in [9.17, 15) is 13.2 Å². The molecule has 0 fully saturated rings. The first-order valence-electron chi connectivity index (χ1n) is 6.85. The monoisotopic (exact) mass is 284 g/mol. The molecule has 0 aromatic rings. The lowest BCUT2D eigenvalue weighted by atomic mass is 9.92. The topological polar surface area (TPSA) is 51.2 Å². The fraction of sp³-hybridized carbons (Fsp3) is 0.667.